The molecule has 2 rings (SSSR count). The second-order valence-electron chi connectivity index (χ2n) is 3.95. The van der Waals surface area contributed by atoms with Gasteiger partial charge in [0.2, 0.25) is 0 Å². The van der Waals surface area contributed by atoms with Crippen LogP contribution in [-0.2, 0) is 4.57 Å². The molecule has 0 radical (unpaired) electrons. The molecule has 2 aromatic rings. The maximum atomic E-state index is 11.8. The standard InChI is InChI=1S/C14H13O6P.Na/c1-18-11-7-9-13(10-8-11)20-21(16,17)14(15)19-12-5-3-2-4-6-12;/h2-10H,1H3,(H,16,17);/q;+1/p-1. The molecule has 0 aliphatic heterocycles. The Bertz CT molecular complexity index is 659. The molecule has 0 saturated heterocycles. The van der Waals surface area contributed by atoms with Crippen molar-refractivity contribution in [3.8, 4) is 17.2 Å². The van der Waals surface area contributed by atoms with Crippen molar-refractivity contribution in [2.75, 3.05) is 7.11 Å². The minimum Gasteiger partial charge on any atom is -0.761 e. The molecule has 0 spiro atoms. The predicted molar refractivity (Wildman–Crippen MR) is 73.7 cm³/mol. The maximum Gasteiger partial charge on any atom is 1.00 e. The zero-order chi connectivity index (χ0) is 15.3. The summed E-state index contributed by atoms with van der Waals surface area (Å²) in [6.45, 7) is 0. The van der Waals surface area contributed by atoms with E-state index < -0.39 is 13.3 Å². The third kappa shape index (κ3) is 5.16. The van der Waals surface area contributed by atoms with E-state index in [2.05, 4.69) is 0 Å². The van der Waals surface area contributed by atoms with Crippen LogP contribution < -0.4 is 48.4 Å². The molecule has 2 aromatic carbocycles. The van der Waals surface area contributed by atoms with Crippen LogP contribution in [0, 0.1) is 0 Å². The number of ether oxygens (including phenoxy) is 2. The van der Waals surface area contributed by atoms with Crippen molar-refractivity contribution in [3.63, 3.8) is 0 Å². The second-order valence-corrected chi connectivity index (χ2v) is 5.49. The summed E-state index contributed by atoms with van der Waals surface area (Å²) in [6.07, 6.45) is 0. The number of rotatable bonds is 5. The third-order valence-corrected chi connectivity index (χ3v) is 3.45. The van der Waals surface area contributed by atoms with Gasteiger partial charge in [0, 0.05) is 0 Å². The van der Waals surface area contributed by atoms with E-state index in [0.717, 1.165) is 0 Å². The summed E-state index contributed by atoms with van der Waals surface area (Å²) < 4.78 is 26.1. The maximum absolute atomic E-state index is 11.8. The van der Waals surface area contributed by atoms with E-state index in [4.69, 9.17) is 14.0 Å². The SMILES string of the molecule is COc1ccc(OP(=O)([O-])C(=O)Oc2ccccc2)cc1.[Na+]. The van der Waals surface area contributed by atoms with Gasteiger partial charge in [-0.15, -0.1) is 0 Å². The van der Waals surface area contributed by atoms with Crippen molar-refractivity contribution >= 4 is 13.3 Å². The van der Waals surface area contributed by atoms with Gasteiger partial charge in [0.05, 0.1) is 7.11 Å². The fourth-order valence-corrected chi connectivity index (χ4v) is 2.15. The van der Waals surface area contributed by atoms with E-state index in [1.807, 2.05) is 0 Å². The molecular weight excluding hydrogens is 318 g/mol. The van der Waals surface area contributed by atoms with E-state index in [1.54, 1.807) is 18.2 Å². The summed E-state index contributed by atoms with van der Waals surface area (Å²) in [5.41, 5.74) is -1.45. The van der Waals surface area contributed by atoms with Crippen LogP contribution >= 0.6 is 7.60 Å². The first-order chi connectivity index (χ1) is 10.0. The van der Waals surface area contributed by atoms with Gasteiger partial charge in [0.1, 0.15) is 17.2 Å². The van der Waals surface area contributed by atoms with Gasteiger partial charge < -0.3 is 18.9 Å². The van der Waals surface area contributed by atoms with Crippen LogP contribution in [0.4, 0.5) is 4.79 Å². The van der Waals surface area contributed by atoms with Crippen molar-refractivity contribution in [1.82, 2.24) is 0 Å². The largest absolute Gasteiger partial charge is 1.00 e. The molecule has 22 heavy (non-hydrogen) atoms. The molecule has 1 atom stereocenters. The Morgan fingerprint density at radius 3 is 2.05 bits per heavy atom. The average molecular weight is 330 g/mol. The molecule has 1 unspecified atom stereocenters. The summed E-state index contributed by atoms with van der Waals surface area (Å²) in [4.78, 5) is 23.4. The fraction of sp³-hybridized carbons (Fsp3) is 0.0714. The van der Waals surface area contributed by atoms with Crippen LogP contribution in [0.1, 0.15) is 0 Å². The van der Waals surface area contributed by atoms with Crippen LogP contribution in [0.3, 0.4) is 0 Å². The summed E-state index contributed by atoms with van der Waals surface area (Å²) in [6, 6.07) is 13.6. The molecule has 0 saturated carbocycles. The molecule has 0 aromatic heterocycles. The Morgan fingerprint density at radius 1 is 0.955 bits per heavy atom. The van der Waals surface area contributed by atoms with Crippen molar-refractivity contribution in [2.24, 2.45) is 0 Å². The summed E-state index contributed by atoms with van der Waals surface area (Å²) in [5, 5.41) is 0. The second kappa shape index (κ2) is 8.36. The number of carbonyl (C=O) groups is 1. The summed E-state index contributed by atoms with van der Waals surface area (Å²) in [5.74, 6) is 0.658. The van der Waals surface area contributed by atoms with E-state index in [9.17, 15) is 14.3 Å². The first kappa shape index (κ1) is 18.7. The van der Waals surface area contributed by atoms with Crippen LogP contribution in [0.5, 0.6) is 17.2 Å². The molecule has 8 heteroatoms. The molecule has 110 valence electrons. The minimum atomic E-state index is -4.85. The van der Waals surface area contributed by atoms with E-state index in [0.29, 0.717) is 5.75 Å². The monoisotopic (exact) mass is 330 g/mol. The number of para-hydroxylation sites is 1. The van der Waals surface area contributed by atoms with Gasteiger partial charge in [-0.25, -0.2) is 4.79 Å². The van der Waals surface area contributed by atoms with Crippen LogP contribution in [-0.4, -0.2) is 12.8 Å². The predicted octanol–water partition coefficient (Wildman–Crippen LogP) is -0.170. The third-order valence-electron chi connectivity index (χ3n) is 2.46. The van der Waals surface area contributed by atoms with Gasteiger partial charge in [-0.05, 0) is 36.4 Å². The molecule has 0 heterocycles. The Balaban J connectivity index is 0.00000242. The number of methoxy groups -OCH3 is 1. The zero-order valence-electron chi connectivity index (χ0n) is 12.1. The smallest absolute Gasteiger partial charge is 0.761 e. The van der Waals surface area contributed by atoms with Crippen molar-refractivity contribution in [1.29, 1.82) is 0 Å². The van der Waals surface area contributed by atoms with E-state index in [-0.39, 0.29) is 41.1 Å². The van der Waals surface area contributed by atoms with Crippen LogP contribution in [0.25, 0.3) is 0 Å². The number of benzene rings is 2. The summed E-state index contributed by atoms with van der Waals surface area (Å²) >= 11 is 0. The van der Waals surface area contributed by atoms with Crippen molar-refractivity contribution in [3.05, 3.63) is 54.6 Å². The number of hydrogen-bond acceptors (Lipinski definition) is 6. The summed E-state index contributed by atoms with van der Waals surface area (Å²) in [7, 11) is -3.37. The molecule has 0 aliphatic rings. The first-order valence-corrected chi connectivity index (χ1v) is 7.47. The van der Waals surface area contributed by atoms with E-state index in [1.165, 1.54) is 43.5 Å². The van der Waals surface area contributed by atoms with E-state index >= 15 is 0 Å². The van der Waals surface area contributed by atoms with Gasteiger partial charge in [-0.3, -0.25) is 4.57 Å². The first-order valence-electron chi connectivity index (χ1n) is 5.93. The molecule has 0 N–H and O–H groups in total. The van der Waals surface area contributed by atoms with Gasteiger partial charge >= 0.3 is 35.3 Å². The van der Waals surface area contributed by atoms with Gasteiger partial charge in [-0.1, -0.05) is 18.2 Å². The van der Waals surface area contributed by atoms with Crippen molar-refractivity contribution in [2.45, 2.75) is 0 Å². The Labute approximate surface area is 149 Å². The molecule has 0 bridgehead atoms. The topological polar surface area (TPSA) is 84.9 Å². The molecule has 0 amide bonds. The normalized spacial score (nSPS) is 12.5. The van der Waals surface area contributed by atoms with Crippen LogP contribution in [0.15, 0.2) is 54.6 Å². The zero-order valence-corrected chi connectivity index (χ0v) is 15.0. The fourth-order valence-electron chi connectivity index (χ4n) is 1.46. The van der Waals surface area contributed by atoms with Gasteiger partial charge in [-0.2, -0.15) is 0 Å². The quantitative estimate of drug-likeness (QED) is 0.559. The molecule has 0 aliphatic carbocycles. The molecule has 6 nitrogen and oxygen atoms in total. The van der Waals surface area contributed by atoms with Gasteiger partial charge in [0.25, 0.3) is 7.60 Å². The van der Waals surface area contributed by atoms with Crippen LogP contribution in [0.2, 0.25) is 0 Å². The molecule has 0 fully saturated rings. The number of carbonyl (C=O) groups excluding carboxylic acids is 1. The van der Waals surface area contributed by atoms with Crippen molar-refractivity contribution < 1.29 is 57.8 Å². The number of hydrogen-bond donors (Lipinski definition) is 0. The Hall–Kier alpha value is -1.30. The Kier molecular flexibility index (Phi) is 7.13. The molecular formula is C14H12NaO6P. The minimum absolute atomic E-state index is 0. The van der Waals surface area contributed by atoms with Gasteiger partial charge in [0.15, 0.2) is 0 Å². The average Bonchev–Trinajstić information content (AvgIpc) is 2.48. The Morgan fingerprint density at radius 2 is 1.50 bits per heavy atom.